The normalized spacial score (nSPS) is 17.9. The molecule has 1 aliphatic heterocycles. The molecule has 1 atom stereocenters. The van der Waals surface area contributed by atoms with E-state index in [1.54, 1.807) is 11.3 Å². The van der Waals surface area contributed by atoms with Crippen LogP contribution in [0.4, 0.5) is 5.69 Å². The van der Waals surface area contributed by atoms with Gasteiger partial charge in [-0.05, 0) is 30.2 Å². The summed E-state index contributed by atoms with van der Waals surface area (Å²) < 4.78 is 0. The van der Waals surface area contributed by atoms with Crippen molar-refractivity contribution in [1.29, 1.82) is 0 Å². The highest BCUT2D eigenvalue weighted by Crippen LogP contribution is 2.30. The van der Waals surface area contributed by atoms with E-state index in [0.29, 0.717) is 11.8 Å². The van der Waals surface area contributed by atoms with Crippen molar-refractivity contribution >= 4 is 29.2 Å². The second-order valence-electron chi connectivity index (χ2n) is 8.03. The number of rotatable bonds is 6. The first-order valence-electron chi connectivity index (χ1n) is 10.4. The Balaban J connectivity index is 1.62. The minimum Gasteiger partial charge on any atom is -0.390 e. The lowest BCUT2D eigenvalue weighted by molar-refractivity contribution is 0.327. The maximum Gasteiger partial charge on any atom is 0.178 e. The number of likely N-dealkylation sites (tertiary alicyclic amines) is 1. The van der Waals surface area contributed by atoms with Crippen LogP contribution >= 0.6 is 11.3 Å². The molecule has 9 heteroatoms. The van der Waals surface area contributed by atoms with E-state index in [1.807, 2.05) is 30.5 Å². The number of aromatic nitrogens is 3. The van der Waals surface area contributed by atoms with Gasteiger partial charge in [0, 0.05) is 43.4 Å². The van der Waals surface area contributed by atoms with Crippen LogP contribution in [0.1, 0.15) is 42.5 Å². The summed E-state index contributed by atoms with van der Waals surface area (Å²) in [6, 6.07) is 10.2. The number of amidine groups is 1. The molecular formula is C22H28N8S. The van der Waals surface area contributed by atoms with Crippen molar-refractivity contribution in [3.05, 3.63) is 52.8 Å². The van der Waals surface area contributed by atoms with Gasteiger partial charge in [0.05, 0.1) is 17.7 Å². The third-order valence-electron chi connectivity index (χ3n) is 5.22. The SMILES string of the molecule is CC(C)c1nnc(-c2cccc(N=C(N=CN)c3[nH]ccc3CN3CCC(N)C3)c2)s1. The lowest BCUT2D eigenvalue weighted by Gasteiger charge is -2.15. The largest absolute Gasteiger partial charge is 0.390 e. The van der Waals surface area contributed by atoms with Gasteiger partial charge in [0.2, 0.25) is 0 Å². The average molecular weight is 437 g/mol. The standard InChI is InChI=1S/C22H28N8S/c1-14(2)21-28-29-22(31-21)15-4-3-5-18(10-15)27-20(26-13-23)19-16(6-8-25-19)11-30-9-7-17(24)12-30/h3-6,8,10,13-14,17,25H,7,9,11-12,24H2,1-2H3,(H2,23,26,27). The second kappa shape index (κ2) is 9.51. The molecule has 3 aromatic rings. The Hall–Kier alpha value is -2.88. The maximum atomic E-state index is 6.06. The van der Waals surface area contributed by atoms with E-state index < -0.39 is 0 Å². The Morgan fingerprint density at radius 3 is 2.94 bits per heavy atom. The van der Waals surface area contributed by atoms with Crippen LogP contribution in [-0.2, 0) is 6.54 Å². The first-order valence-corrected chi connectivity index (χ1v) is 11.3. The van der Waals surface area contributed by atoms with Gasteiger partial charge in [-0.25, -0.2) is 9.98 Å². The molecule has 31 heavy (non-hydrogen) atoms. The Morgan fingerprint density at radius 1 is 1.35 bits per heavy atom. The number of hydrogen-bond acceptors (Lipinski definition) is 6. The number of nitrogens with two attached hydrogens (primary N) is 2. The molecule has 0 spiro atoms. The van der Waals surface area contributed by atoms with E-state index in [9.17, 15) is 0 Å². The summed E-state index contributed by atoms with van der Waals surface area (Å²) in [7, 11) is 0. The van der Waals surface area contributed by atoms with Crippen LogP contribution in [0, 0.1) is 0 Å². The van der Waals surface area contributed by atoms with Gasteiger partial charge in [-0.1, -0.05) is 37.3 Å². The summed E-state index contributed by atoms with van der Waals surface area (Å²) >= 11 is 1.61. The van der Waals surface area contributed by atoms with Crippen molar-refractivity contribution < 1.29 is 0 Å². The summed E-state index contributed by atoms with van der Waals surface area (Å²) in [5.41, 5.74) is 15.5. The summed E-state index contributed by atoms with van der Waals surface area (Å²) in [4.78, 5) is 14.8. The predicted octanol–water partition coefficient (Wildman–Crippen LogP) is 3.25. The van der Waals surface area contributed by atoms with Gasteiger partial charge < -0.3 is 16.5 Å². The zero-order valence-electron chi connectivity index (χ0n) is 17.8. The highest BCUT2D eigenvalue weighted by Gasteiger charge is 2.21. The lowest BCUT2D eigenvalue weighted by Crippen LogP contribution is -2.26. The summed E-state index contributed by atoms with van der Waals surface area (Å²) in [6.07, 6.45) is 4.21. The van der Waals surface area contributed by atoms with Crippen LogP contribution in [0.5, 0.6) is 0 Å². The summed E-state index contributed by atoms with van der Waals surface area (Å²) in [6.45, 7) is 6.94. The molecule has 1 unspecified atom stereocenters. The van der Waals surface area contributed by atoms with E-state index >= 15 is 0 Å². The molecule has 1 aromatic carbocycles. The molecule has 0 radical (unpaired) electrons. The smallest absolute Gasteiger partial charge is 0.178 e. The van der Waals surface area contributed by atoms with Crippen molar-refractivity contribution in [2.75, 3.05) is 13.1 Å². The summed E-state index contributed by atoms with van der Waals surface area (Å²) in [5.74, 6) is 0.901. The maximum absolute atomic E-state index is 6.06. The number of H-pyrrole nitrogens is 1. The molecule has 1 aliphatic rings. The first-order chi connectivity index (χ1) is 15.0. The van der Waals surface area contributed by atoms with Crippen molar-refractivity contribution in [1.82, 2.24) is 20.1 Å². The molecule has 1 fully saturated rings. The van der Waals surface area contributed by atoms with Gasteiger partial charge >= 0.3 is 0 Å². The Bertz CT molecular complexity index is 1080. The Morgan fingerprint density at radius 2 is 2.23 bits per heavy atom. The molecule has 1 saturated heterocycles. The van der Waals surface area contributed by atoms with Gasteiger partial charge in [-0.2, -0.15) is 0 Å². The highest BCUT2D eigenvalue weighted by molar-refractivity contribution is 7.14. The minimum absolute atomic E-state index is 0.247. The number of nitrogens with zero attached hydrogens (tertiary/aromatic N) is 5. The van der Waals surface area contributed by atoms with Crippen molar-refractivity contribution in [2.45, 2.75) is 38.8 Å². The quantitative estimate of drug-likeness (QED) is 0.404. The minimum atomic E-state index is 0.247. The van der Waals surface area contributed by atoms with Crippen LogP contribution < -0.4 is 11.5 Å². The average Bonchev–Trinajstić information content (AvgIpc) is 3.49. The highest BCUT2D eigenvalue weighted by atomic mass is 32.1. The van der Waals surface area contributed by atoms with E-state index in [0.717, 1.165) is 58.6 Å². The van der Waals surface area contributed by atoms with Crippen molar-refractivity contribution in [3.63, 3.8) is 0 Å². The molecule has 4 rings (SSSR count). The van der Waals surface area contributed by atoms with Gasteiger partial charge in [0.15, 0.2) is 5.84 Å². The fourth-order valence-corrected chi connectivity index (χ4v) is 4.47. The van der Waals surface area contributed by atoms with E-state index in [2.05, 4.69) is 45.0 Å². The molecule has 8 nitrogen and oxygen atoms in total. The number of benzene rings is 1. The third kappa shape index (κ3) is 5.07. The molecule has 5 N–H and O–H groups in total. The van der Waals surface area contributed by atoms with Gasteiger partial charge in [-0.15, -0.1) is 10.2 Å². The monoisotopic (exact) mass is 436 g/mol. The van der Waals surface area contributed by atoms with Gasteiger partial charge in [0.1, 0.15) is 10.0 Å². The zero-order valence-corrected chi connectivity index (χ0v) is 18.6. The van der Waals surface area contributed by atoms with Crippen molar-refractivity contribution in [2.24, 2.45) is 21.5 Å². The lowest BCUT2D eigenvalue weighted by atomic mass is 10.2. The van der Waals surface area contributed by atoms with Crippen LogP contribution in [0.25, 0.3) is 10.6 Å². The predicted molar refractivity (Wildman–Crippen MR) is 127 cm³/mol. The van der Waals surface area contributed by atoms with Gasteiger partial charge in [-0.3, -0.25) is 4.90 Å². The van der Waals surface area contributed by atoms with E-state index in [-0.39, 0.29) is 6.04 Å². The number of aliphatic imine (C=N–C) groups is 2. The Kier molecular flexibility index (Phi) is 6.55. The fourth-order valence-electron chi connectivity index (χ4n) is 3.62. The molecular weight excluding hydrogens is 408 g/mol. The number of aromatic amines is 1. The first kappa shape index (κ1) is 21.4. The van der Waals surface area contributed by atoms with Crippen LogP contribution in [0.3, 0.4) is 0 Å². The van der Waals surface area contributed by atoms with E-state index in [4.69, 9.17) is 16.5 Å². The van der Waals surface area contributed by atoms with Crippen molar-refractivity contribution in [3.8, 4) is 10.6 Å². The van der Waals surface area contributed by atoms with Crippen LogP contribution in [0.2, 0.25) is 0 Å². The Labute approximate surface area is 186 Å². The van der Waals surface area contributed by atoms with Crippen LogP contribution in [-0.4, -0.2) is 51.4 Å². The molecule has 0 bridgehead atoms. The molecule has 2 aromatic heterocycles. The van der Waals surface area contributed by atoms with E-state index in [1.165, 1.54) is 6.34 Å². The fraction of sp³-hybridized carbons (Fsp3) is 0.364. The molecule has 162 valence electrons. The molecule has 0 saturated carbocycles. The molecule has 3 heterocycles. The topological polar surface area (TPSA) is 122 Å². The molecule has 0 aliphatic carbocycles. The number of nitrogens with one attached hydrogen (secondary N) is 1. The van der Waals surface area contributed by atoms with Crippen LogP contribution in [0.15, 0.2) is 46.5 Å². The van der Waals surface area contributed by atoms with Gasteiger partial charge in [0.25, 0.3) is 0 Å². The molecule has 0 amide bonds. The number of hydrogen-bond donors (Lipinski definition) is 3. The zero-order chi connectivity index (χ0) is 21.8. The second-order valence-corrected chi connectivity index (χ2v) is 9.03. The summed E-state index contributed by atoms with van der Waals surface area (Å²) in [5, 5.41) is 10.5. The third-order valence-corrected chi connectivity index (χ3v) is 6.49.